The van der Waals surface area contributed by atoms with Gasteiger partial charge < -0.3 is 10.6 Å². The second-order valence-electron chi connectivity index (χ2n) is 4.32. The maximum Gasteiger partial charge on any atom is 0.314 e. The molecule has 0 bridgehead atoms. The van der Waals surface area contributed by atoms with Crippen LogP contribution in [0.1, 0.15) is 26.2 Å². The third-order valence-corrected chi connectivity index (χ3v) is 3.40. The normalized spacial score (nSPS) is 28.6. The smallest absolute Gasteiger partial charge is 0.314 e. The van der Waals surface area contributed by atoms with Crippen molar-refractivity contribution < 1.29 is 4.79 Å². The molecule has 3 nitrogen and oxygen atoms in total. The number of rotatable bonds is 1. The van der Waals surface area contributed by atoms with E-state index >= 15 is 0 Å². The van der Waals surface area contributed by atoms with Gasteiger partial charge in [0.1, 0.15) is 0 Å². The van der Waals surface area contributed by atoms with Crippen molar-refractivity contribution in [3.8, 4) is 0 Å². The highest BCUT2D eigenvalue weighted by Crippen LogP contribution is 2.41. The van der Waals surface area contributed by atoms with Gasteiger partial charge in [-0.25, -0.2) is 4.79 Å². The van der Waals surface area contributed by atoms with Gasteiger partial charge in [-0.15, -0.1) is 0 Å². The van der Waals surface area contributed by atoms with Crippen molar-refractivity contribution in [2.24, 2.45) is 11.3 Å². The molecule has 2 fully saturated rings. The van der Waals surface area contributed by atoms with Crippen LogP contribution in [0.15, 0.2) is 0 Å². The lowest BCUT2D eigenvalue weighted by atomic mass is 9.65. The van der Waals surface area contributed by atoms with E-state index in [9.17, 15) is 4.79 Å². The lowest BCUT2D eigenvalue weighted by Crippen LogP contribution is -2.57. The van der Waals surface area contributed by atoms with E-state index in [1.54, 1.807) is 0 Å². The summed E-state index contributed by atoms with van der Waals surface area (Å²) in [5.41, 5.74) is 0.312. The Labute approximate surface area is 72.9 Å². The molecule has 0 radical (unpaired) electrons. The minimum atomic E-state index is -0.00759. The Morgan fingerprint density at radius 2 is 1.92 bits per heavy atom. The van der Waals surface area contributed by atoms with E-state index in [1.165, 1.54) is 19.3 Å². The number of urea groups is 1. The van der Waals surface area contributed by atoms with Crippen LogP contribution in [0, 0.1) is 11.3 Å². The zero-order valence-corrected chi connectivity index (χ0v) is 7.52. The van der Waals surface area contributed by atoms with Gasteiger partial charge in [0.25, 0.3) is 0 Å². The first kappa shape index (κ1) is 7.90. The van der Waals surface area contributed by atoms with Gasteiger partial charge in [-0.2, -0.15) is 0 Å². The Hall–Kier alpha value is -0.730. The van der Waals surface area contributed by atoms with Crippen LogP contribution in [0.2, 0.25) is 0 Å². The molecule has 0 aromatic heterocycles. The predicted octanol–water partition coefficient (Wildman–Crippen LogP) is 1.11. The highest BCUT2D eigenvalue weighted by atomic mass is 16.2. The topological polar surface area (TPSA) is 41.1 Å². The van der Waals surface area contributed by atoms with Crippen LogP contribution >= 0.6 is 0 Å². The molecule has 1 saturated carbocycles. The van der Waals surface area contributed by atoms with Gasteiger partial charge in [-0.1, -0.05) is 13.3 Å². The quantitative estimate of drug-likeness (QED) is 0.605. The summed E-state index contributed by atoms with van der Waals surface area (Å²) in [6.45, 7) is 3.97. The second-order valence-corrected chi connectivity index (χ2v) is 4.32. The predicted molar refractivity (Wildman–Crippen MR) is 46.8 cm³/mol. The highest BCUT2D eigenvalue weighted by Gasteiger charge is 2.40. The molecule has 0 aromatic rings. The number of carbonyl (C=O) groups excluding carboxylic acids is 1. The van der Waals surface area contributed by atoms with Gasteiger partial charge in [-0.05, 0) is 18.8 Å². The lowest BCUT2D eigenvalue weighted by molar-refractivity contribution is 0.0897. The molecule has 68 valence electrons. The Morgan fingerprint density at radius 3 is 2.33 bits per heavy atom. The van der Waals surface area contributed by atoms with Gasteiger partial charge in [0.15, 0.2) is 0 Å². The monoisotopic (exact) mass is 168 g/mol. The third kappa shape index (κ3) is 1.17. The lowest BCUT2D eigenvalue weighted by Gasteiger charge is -2.45. The summed E-state index contributed by atoms with van der Waals surface area (Å²) >= 11 is 0. The highest BCUT2D eigenvalue weighted by molar-refractivity contribution is 5.74. The molecule has 0 spiro atoms. The minimum absolute atomic E-state index is 0.00759. The van der Waals surface area contributed by atoms with Gasteiger partial charge >= 0.3 is 6.03 Å². The zero-order valence-electron chi connectivity index (χ0n) is 7.52. The van der Waals surface area contributed by atoms with Crippen molar-refractivity contribution in [2.45, 2.75) is 26.2 Å². The fraction of sp³-hybridized carbons (Fsp3) is 0.889. The van der Waals surface area contributed by atoms with E-state index < -0.39 is 0 Å². The average Bonchev–Trinajstić information content (AvgIpc) is 1.92. The van der Waals surface area contributed by atoms with Crippen molar-refractivity contribution in [2.75, 3.05) is 13.1 Å². The molecular weight excluding hydrogens is 152 g/mol. The van der Waals surface area contributed by atoms with Crippen LogP contribution in [-0.2, 0) is 0 Å². The number of amides is 2. The van der Waals surface area contributed by atoms with Gasteiger partial charge in [0.2, 0.25) is 0 Å². The van der Waals surface area contributed by atoms with Crippen LogP contribution < -0.4 is 10.6 Å². The third-order valence-electron chi connectivity index (χ3n) is 3.40. The number of hydrogen-bond acceptors (Lipinski definition) is 1. The van der Waals surface area contributed by atoms with Crippen LogP contribution in [-0.4, -0.2) is 19.1 Å². The average molecular weight is 168 g/mol. The van der Waals surface area contributed by atoms with Gasteiger partial charge in [-0.3, -0.25) is 0 Å². The zero-order chi connectivity index (χ0) is 8.60. The summed E-state index contributed by atoms with van der Waals surface area (Å²) in [7, 11) is 0. The summed E-state index contributed by atoms with van der Waals surface area (Å²) < 4.78 is 0. The summed E-state index contributed by atoms with van der Waals surface area (Å²) in [6.07, 6.45) is 4.05. The summed E-state index contributed by atoms with van der Waals surface area (Å²) in [4.78, 5) is 10.9. The van der Waals surface area contributed by atoms with Gasteiger partial charge in [0.05, 0.1) is 0 Å². The van der Waals surface area contributed by atoms with Gasteiger partial charge in [0, 0.05) is 18.5 Å². The van der Waals surface area contributed by atoms with Crippen molar-refractivity contribution in [1.82, 2.24) is 10.6 Å². The first-order valence-corrected chi connectivity index (χ1v) is 4.72. The molecule has 2 aliphatic rings. The molecule has 2 amide bonds. The second kappa shape index (κ2) is 2.64. The fourth-order valence-corrected chi connectivity index (χ4v) is 2.08. The van der Waals surface area contributed by atoms with E-state index in [0.29, 0.717) is 5.41 Å². The number of nitrogens with one attached hydrogen (secondary N) is 2. The number of hydrogen-bond donors (Lipinski definition) is 2. The Morgan fingerprint density at radius 1 is 1.33 bits per heavy atom. The molecule has 0 unspecified atom stereocenters. The first-order chi connectivity index (χ1) is 5.71. The molecule has 0 aromatic carbocycles. The van der Waals surface area contributed by atoms with E-state index in [4.69, 9.17) is 0 Å². The molecule has 1 aliphatic heterocycles. The fourth-order valence-electron chi connectivity index (χ4n) is 2.08. The molecule has 2 N–H and O–H groups in total. The Bertz CT molecular complexity index is 189. The largest absolute Gasteiger partial charge is 0.338 e. The molecule has 2 rings (SSSR count). The molecule has 1 heterocycles. The Balaban J connectivity index is 1.96. The van der Waals surface area contributed by atoms with Crippen LogP contribution in [0.25, 0.3) is 0 Å². The van der Waals surface area contributed by atoms with E-state index in [-0.39, 0.29) is 6.03 Å². The standard InChI is InChI=1S/C9H16N2O/c1-9(7-3-2-4-7)5-10-8(12)11-6-9/h7H,2-6H2,1H3,(H2,10,11,12). The van der Waals surface area contributed by atoms with Crippen LogP contribution in [0.5, 0.6) is 0 Å². The van der Waals surface area contributed by atoms with E-state index in [0.717, 1.165) is 19.0 Å². The first-order valence-electron chi connectivity index (χ1n) is 4.72. The van der Waals surface area contributed by atoms with Crippen LogP contribution in [0.4, 0.5) is 4.79 Å². The maximum absolute atomic E-state index is 10.9. The number of carbonyl (C=O) groups is 1. The van der Waals surface area contributed by atoms with Crippen LogP contribution in [0.3, 0.4) is 0 Å². The van der Waals surface area contributed by atoms with Crippen molar-refractivity contribution >= 4 is 6.03 Å². The summed E-state index contributed by atoms with van der Waals surface area (Å²) in [5, 5.41) is 5.74. The minimum Gasteiger partial charge on any atom is -0.338 e. The summed E-state index contributed by atoms with van der Waals surface area (Å²) in [6, 6.07) is -0.00759. The summed E-state index contributed by atoms with van der Waals surface area (Å²) in [5.74, 6) is 0.825. The Kier molecular flexibility index (Phi) is 1.74. The van der Waals surface area contributed by atoms with E-state index in [2.05, 4.69) is 17.6 Å². The molecule has 0 atom stereocenters. The maximum atomic E-state index is 10.9. The molecular formula is C9H16N2O. The molecule has 3 heteroatoms. The van der Waals surface area contributed by atoms with Crippen molar-refractivity contribution in [3.63, 3.8) is 0 Å². The molecule has 1 aliphatic carbocycles. The SMILES string of the molecule is CC1(C2CCC2)CNC(=O)NC1. The molecule has 12 heavy (non-hydrogen) atoms. The van der Waals surface area contributed by atoms with Crippen molar-refractivity contribution in [3.05, 3.63) is 0 Å². The van der Waals surface area contributed by atoms with E-state index in [1.807, 2.05) is 0 Å². The molecule has 1 saturated heterocycles. The van der Waals surface area contributed by atoms with Crippen molar-refractivity contribution in [1.29, 1.82) is 0 Å².